The molecule has 0 spiro atoms. The molecule has 9 heteroatoms. The molecule has 0 aliphatic rings. The third kappa shape index (κ3) is 2.75. The van der Waals surface area contributed by atoms with Crippen LogP contribution in [0.15, 0.2) is 42.9 Å². The van der Waals surface area contributed by atoms with Gasteiger partial charge < -0.3 is 9.67 Å². The summed E-state index contributed by atoms with van der Waals surface area (Å²) in [5, 5.41) is 9.65. The minimum absolute atomic E-state index is 0.0530. The van der Waals surface area contributed by atoms with Gasteiger partial charge in [-0.05, 0) is 18.2 Å². The Kier molecular flexibility index (Phi) is 4.13. The van der Waals surface area contributed by atoms with E-state index in [0.29, 0.717) is 16.4 Å². The Morgan fingerprint density at radius 2 is 1.96 bits per heavy atom. The topological polar surface area (TPSA) is 72.4 Å². The standard InChI is InChI=1S/C18H11Cl2FN4O2/c1-24-8-22-14(16(24)19)10-3-2-4-11(21)13(10)15-17(20)25-6-5-9(18(26)27)7-12(25)23-15/h2-8H,1H3,(H,26,27). The van der Waals surface area contributed by atoms with Crippen LogP contribution in [0.1, 0.15) is 10.4 Å². The maximum atomic E-state index is 14.8. The van der Waals surface area contributed by atoms with Gasteiger partial charge >= 0.3 is 5.97 Å². The van der Waals surface area contributed by atoms with Crippen molar-refractivity contribution in [3.05, 3.63) is 64.5 Å². The van der Waals surface area contributed by atoms with Crippen molar-refractivity contribution in [2.24, 2.45) is 7.05 Å². The average molecular weight is 405 g/mol. The van der Waals surface area contributed by atoms with Crippen molar-refractivity contribution in [2.45, 2.75) is 0 Å². The summed E-state index contributed by atoms with van der Waals surface area (Å²) in [6.45, 7) is 0. The summed E-state index contributed by atoms with van der Waals surface area (Å²) in [4.78, 5) is 19.8. The van der Waals surface area contributed by atoms with Gasteiger partial charge in [-0.3, -0.25) is 4.40 Å². The van der Waals surface area contributed by atoms with Crippen molar-refractivity contribution in [3.8, 4) is 22.5 Å². The fourth-order valence-electron chi connectivity index (χ4n) is 2.87. The van der Waals surface area contributed by atoms with E-state index >= 15 is 0 Å². The summed E-state index contributed by atoms with van der Waals surface area (Å²) in [7, 11) is 1.73. The molecule has 0 fully saturated rings. The number of halogens is 3. The van der Waals surface area contributed by atoms with E-state index in [9.17, 15) is 9.18 Å². The molecule has 1 aromatic carbocycles. The summed E-state index contributed by atoms with van der Waals surface area (Å²) >= 11 is 12.7. The van der Waals surface area contributed by atoms with Gasteiger partial charge in [0.2, 0.25) is 0 Å². The lowest BCUT2D eigenvalue weighted by Crippen LogP contribution is -1.97. The Labute approximate surface area is 162 Å². The van der Waals surface area contributed by atoms with Crippen molar-refractivity contribution >= 4 is 34.8 Å². The van der Waals surface area contributed by atoms with Gasteiger partial charge in [0.1, 0.15) is 33.2 Å². The van der Waals surface area contributed by atoms with Crippen LogP contribution in [0.2, 0.25) is 10.3 Å². The highest BCUT2D eigenvalue weighted by Crippen LogP contribution is 2.39. The molecule has 0 saturated carbocycles. The number of carbonyl (C=O) groups is 1. The second kappa shape index (κ2) is 6.37. The summed E-state index contributed by atoms with van der Waals surface area (Å²) in [6.07, 6.45) is 3.00. The van der Waals surface area contributed by atoms with E-state index < -0.39 is 11.8 Å². The Balaban J connectivity index is 2.00. The quantitative estimate of drug-likeness (QED) is 0.543. The number of aromatic nitrogens is 4. The van der Waals surface area contributed by atoms with E-state index in [2.05, 4.69) is 9.97 Å². The molecule has 0 amide bonds. The molecule has 1 N–H and O–H groups in total. The average Bonchev–Trinajstić information content (AvgIpc) is 3.14. The van der Waals surface area contributed by atoms with Crippen LogP contribution < -0.4 is 0 Å². The number of pyridine rings is 1. The second-order valence-electron chi connectivity index (χ2n) is 5.86. The number of fused-ring (bicyclic) bond motifs is 1. The summed E-state index contributed by atoms with van der Waals surface area (Å²) in [5.74, 6) is -1.64. The molecule has 0 aliphatic heterocycles. The van der Waals surface area contributed by atoms with Gasteiger partial charge in [0.25, 0.3) is 0 Å². The maximum Gasteiger partial charge on any atom is 0.335 e. The number of carboxylic acid groups (broad SMARTS) is 1. The molecular formula is C18H11Cl2FN4O2. The molecule has 0 unspecified atom stereocenters. The normalized spacial score (nSPS) is 11.3. The number of hydrogen-bond donors (Lipinski definition) is 1. The second-order valence-corrected chi connectivity index (χ2v) is 6.57. The summed E-state index contributed by atoms with van der Waals surface area (Å²) in [6, 6.07) is 7.27. The SMILES string of the molecule is Cn1cnc(-c2cccc(F)c2-c2nc3cc(C(=O)O)ccn3c2Cl)c1Cl. The zero-order valence-electron chi connectivity index (χ0n) is 13.8. The van der Waals surface area contributed by atoms with E-state index in [0.717, 1.165) is 0 Å². The fourth-order valence-corrected chi connectivity index (χ4v) is 3.34. The molecule has 6 nitrogen and oxygen atoms in total. The Hall–Kier alpha value is -2.90. The van der Waals surface area contributed by atoms with Crippen LogP contribution in [0.4, 0.5) is 4.39 Å². The highest BCUT2D eigenvalue weighted by Gasteiger charge is 2.23. The van der Waals surface area contributed by atoms with Gasteiger partial charge in [0.05, 0.1) is 11.9 Å². The van der Waals surface area contributed by atoms with Crippen molar-refractivity contribution in [1.29, 1.82) is 0 Å². The zero-order valence-corrected chi connectivity index (χ0v) is 15.3. The van der Waals surface area contributed by atoms with Gasteiger partial charge in [-0.1, -0.05) is 35.3 Å². The van der Waals surface area contributed by atoms with Crippen molar-refractivity contribution < 1.29 is 14.3 Å². The lowest BCUT2D eigenvalue weighted by Gasteiger charge is -2.08. The van der Waals surface area contributed by atoms with E-state index in [1.165, 1.54) is 35.1 Å². The third-order valence-corrected chi connectivity index (χ3v) is 4.99. The molecule has 136 valence electrons. The van der Waals surface area contributed by atoms with Crippen LogP contribution in [0, 0.1) is 5.82 Å². The van der Waals surface area contributed by atoms with Gasteiger partial charge in [-0.25, -0.2) is 19.2 Å². The molecule has 0 radical (unpaired) electrons. The summed E-state index contributed by atoms with van der Waals surface area (Å²) < 4.78 is 17.9. The molecule has 0 aliphatic carbocycles. The van der Waals surface area contributed by atoms with Crippen LogP contribution in [-0.2, 0) is 7.05 Å². The van der Waals surface area contributed by atoms with Crippen molar-refractivity contribution in [2.75, 3.05) is 0 Å². The predicted molar refractivity (Wildman–Crippen MR) is 99.8 cm³/mol. The first-order valence-electron chi connectivity index (χ1n) is 7.75. The van der Waals surface area contributed by atoms with Gasteiger partial charge in [-0.15, -0.1) is 0 Å². The zero-order chi connectivity index (χ0) is 19.3. The van der Waals surface area contributed by atoms with Crippen LogP contribution in [0.25, 0.3) is 28.2 Å². The highest BCUT2D eigenvalue weighted by atomic mass is 35.5. The molecule has 27 heavy (non-hydrogen) atoms. The first kappa shape index (κ1) is 17.5. The highest BCUT2D eigenvalue weighted by molar-refractivity contribution is 6.33. The first-order valence-corrected chi connectivity index (χ1v) is 8.51. The smallest absolute Gasteiger partial charge is 0.335 e. The number of aromatic carboxylic acids is 1. The number of imidazole rings is 2. The van der Waals surface area contributed by atoms with Crippen LogP contribution >= 0.6 is 23.2 Å². The molecule has 3 aromatic heterocycles. The minimum Gasteiger partial charge on any atom is -0.478 e. The monoisotopic (exact) mass is 404 g/mol. The van der Waals surface area contributed by atoms with Crippen LogP contribution in [-0.4, -0.2) is 30.0 Å². The fraction of sp³-hybridized carbons (Fsp3) is 0.0556. The van der Waals surface area contributed by atoms with Gasteiger partial charge in [0.15, 0.2) is 0 Å². The molecule has 4 aromatic rings. The largest absolute Gasteiger partial charge is 0.478 e. The van der Waals surface area contributed by atoms with Gasteiger partial charge in [-0.2, -0.15) is 0 Å². The summed E-state index contributed by atoms with van der Waals surface area (Å²) in [5.41, 5.74) is 1.49. The first-order chi connectivity index (χ1) is 12.9. The van der Waals surface area contributed by atoms with E-state index in [1.54, 1.807) is 23.7 Å². The number of rotatable bonds is 3. The van der Waals surface area contributed by atoms with Crippen LogP contribution in [0.5, 0.6) is 0 Å². The molecule has 3 heterocycles. The number of benzene rings is 1. The minimum atomic E-state index is -1.09. The number of nitrogens with zero attached hydrogens (tertiary/aromatic N) is 4. The van der Waals surface area contributed by atoms with Gasteiger partial charge in [0, 0.05) is 24.4 Å². The number of hydrogen-bond acceptors (Lipinski definition) is 3. The number of aryl methyl sites for hydroxylation is 1. The molecule has 0 saturated heterocycles. The Morgan fingerprint density at radius 1 is 1.19 bits per heavy atom. The van der Waals surface area contributed by atoms with E-state index in [1.807, 2.05) is 0 Å². The van der Waals surface area contributed by atoms with E-state index in [4.69, 9.17) is 28.3 Å². The Bertz CT molecular complexity index is 1220. The lowest BCUT2D eigenvalue weighted by atomic mass is 10.0. The Morgan fingerprint density at radius 3 is 2.63 bits per heavy atom. The predicted octanol–water partition coefficient (Wildman–Crippen LogP) is 4.55. The van der Waals surface area contributed by atoms with E-state index in [-0.39, 0.29) is 27.6 Å². The lowest BCUT2D eigenvalue weighted by molar-refractivity contribution is 0.0697. The molecule has 0 atom stereocenters. The molecule has 4 rings (SSSR count). The van der Waals surface area contributed by atoms with Crippen molar-refractivity contribution in [1.82, 2.24) is 18.9 Å². The molecule has 0 bridgehead atoms. The maximum absolute atomic E-state index is 14.8. The van der Waals surface area contributed by atoms with Crippen molar-refractivity contribution in [3.63, 3.8) is 0 Å². The number of carboxylic acids is 1. The molecular weight excluding hydrogens is 394 g/mol. The third-order valence-electron chi connectivity index (χ3n) is 4.19. The van der Waals surface area contributed by atoms with Crippen LogP contribution in [0.3, 0.4) is 0 Å².